The van der Waals surface area contributed by atoms with Gasteiger partial charge in [0.1, 0.15) is 0 Å². The molecule has 48 valence electrons. The molecule has 0 aliphatic heterocycles. The van der Waals surface area contributed by atoms with Gasteiger partial charge in [0.05, 0.1) is 0 Å². The summed E-state index contributed by atoms with van der Waals surface area (Å²) in [5.41, 5.74) is 0. The van der Waals surface area contributed by atoms with Crippen LogP contribution in [0, 0.1) is 0 Å². The highest BCUT2D eigenvalue weighted by molar-refractivity contribution is 7.97. The molecule has 0 saturated carbocycles. The van der Waals surface area contributed by atoms with Gasteiger partial charge in [0.2, 0.25) is 0 Å². The second kappa shape index (κ2) is 5.38. The van der Waals surface area contributed by atoms with Crippen molar-refractivity contribution in [1.82, 2.24) is 0 Å². The zero-order valence-electron chi connectivity index (χ0n) is 4.16. The van der Waals surface area contributed by atoms with Crippen molar-refractivity contribution in [2.45, 2.75) is 0 Å². The van der Waals surface area contributed by atoms with Crippen molar-refractivity contribution in [1.29, 1.82) is 0 Å². The first kappa shape index (κ1) is 8.24. The number of rotatable bonds is 4. The van der Waals surface area contributed by atoms with Crippen LogP contribution in [0.1, 0.15) is 0 Å². The van der Waals surface area contributed by atoms with Crippen LogP contribution in [-0.2, 0) is 8.54 Å². The van der Waals surface area contributed by atoms with E-state index in [9.17, 15) is 4.57 Å². The fourth-order valence-electron chi connectivity index (χ4n) is 0.133. The molecule has 0 saturated heterocycles. The van der Waals surface area contributed by atoms with Gasteiger partial charge in [-0.05, 0) is 0 Å². The molecular formula is C3H7O3PS. The lowest BCUT2D eigenvalue weighted by Gasteiger charge is -1.90. The lowest BCUT2D eigenvalue weighted by molar-refractivity contribution is 0.433. The van der Waals surface area contributed by atoms with Gasteiger partial charge >= 0.3 is 8.25 Å². The molecule has 0 aromatic rings. The Kier molecular flexibility index (Phi) is 5.54. The molecule has 0 rings (SSSR count). The maximum absolute atomic E-state index is 9.78. The number of hydrogen-bond acceptors (Lipinski definition) is 3. The molecule has 0 heterocycles. The van der Waals surface area contributed by atoms with Crippen LogP contribution in [0.5, 0.6) is 0 Å². The highest BCUT2D eigenvalue weighted by Crippen LogP contribution is 2.23. The predicted octanol–water partition coefficient (Wildman–Crippen LogP) is 1.22. The molecule has 3 nitrogen and oxygen atoms in total. The summed E-state index contributed by atoms with van der Waals surface area (Å²) in [5, 5.41) is 0. The van der Waals surface area contributed by atoms with Crippen LogP contribution in [0.15, 0.2) is 12.7 Å². The van der Waals surface area contributed by atoms with Gasteiger partial charge in [-0.1, -0.05) is 6.08 Å². The van der Waals surface area contributed by atoms with Gasteiger partial charge in [-0.2, -0.15) is 0 Å². The topological polar surface area (TPSA) is 46.5 Å². The molecule has 0 radical (unpaired) electrons. The van der Waals surface area contributed by atoms with Gasteiger partial charge < -0.3 is 4.89 Å². The normalized spacial score (nSPS) is 13.1. The van der Waals surface area contributed by atoms with E-state index in [0.29, 0.717) is 5.75 Å². The fraction of sp³-hybridized carbons (Fsp3) is 0.333. The molecule has 8 heavy (non-hydrogen) atoms. The summed E-state index contributed by atoms with van der Waals surface area (Å²) in [7, 11) is -2.74. The van der Waals surface area contributed by atoms with E-state index in [1.165, 1.54) is 0 Å². The summed E-state index contributed by atoms with van der Waals surface area (Å²) in [4.78, 5) is 8.05. The van der Waals surface area contributed by atoms with E-state index in [2.05, 4.69) is 10.5 Å². The Morgan fingerprint density at radius 2 is 2.62 bits per heavy atom. The molecule has 5 heteroatoms. The van der Waals surface area contributed by atoms with E-state index < -0.39 is 8.25 Å². The molecule has 0 bridgehead atoms. The van der Waals surface area contributed by atoms with Crippen molar-refractivity contribution in [3.05, 3.63) is 12.7 Å². The van der Waals surface area contributed by atoms with Crippen molar-refractivity contribution in [3.8, 4) is 0 Å². The van der Waals surface area contributed by atoms with E-state index in [1.807, 2.05) is 0 Å². The monoisotopic (exact) mass is 154 g/mol. The summed E-state index contributed by atoms with van der Waals surface area (Å²) >= 11 is 0.926. The molecule has 1 N–H and O–H groups in total. The lowest BCUT2D eigenvalue weighted by atomic mass is 10.8. The van der Waals surface area contributed by atoms with Crippen LogP contribution in [0.3, 0.4) is 0 Å². The largest absolute Gasteiger partial charge is 0.327 e. The van der Waals surface area contributed by atoms with Gasteiger partial charge in [0.15, 0.2) is 0 Å². The van der Waals surface area contributed by atoms with Crippen LogP contribution < -0.4 is 0 Å². The summed E-state index contributed by atoms with van der Waals surface area (Å²) in [6, 6.07) is 0. The maximum Gasteiger partial charge on any atom is 0.327 e. The standard InChI is InChI=1S/C3H7O3PS/c1-2-3-8-6-7(4)5/h2,7H,1,3H2,(H,4,5). The summed E-state index contributed by atoms with van der Waals surface area (Å²) in [5.74, 6) is 0.539. The van der Waals surface area contributed by atoms with Crippen molar-refractivity contribution < 1.29 is 13.4 Å². The molecule has 0 amide bonds. The van der Waals surface area contributed by atoms with Crippen LogP contribution in [0.2, 0.25) is 0 Å². The Labute approximate surface area is 52.9 Å². The van der Waals surface area contributed by atoms with Gasteiger partial charge in [-0.3, -0.25) is 4.57 Å². The summed E-state index contributed by atoms with van der Waals surface area (Å²) < 4.78 is 14.0. The molecule has 1 atom stereocenters. The Balaban J connectivity index is 2.93. The molecule has 0 aromatic carbocycles. The number of hydrogen-bond donors (Lipinski definition) is 1. The summed E-state index contributed by atoms with van der Waals surface area (Å²) in [6.07, 6.45) is 1.59. The van der Waals surface area contributed by atoms with E-state index in [-0.39, 0.29) is 0 Å². The van der Waals surface area contributed by atoms with Gasteiger partial charge in [-0.25, -0.2) is 3.97 Å². The highest BCUT2D eigenvalue weighted by Gasteiger charge is 1.88. The zero-order chi connectivity index (χ0) is 6.41. The van der Waals surface area contributed by atoms with E-state index >= 15 is 0 Å². The third-order valence-corrected chi connectivity index (χ3v) is 1.73. The Morgan fingerprint density at radius 1 is 2.00 bits per heavy atom. The van der Waals surface area contributed by atoms with Crippen LogP contribution in [-0.4, -0.2) is 10.6 Å². The molecule has 0 aliphatic rings. The van der Waals surface area contributed by atoms with Gasteiger partial charge in [-0.15, -0.1) is 6.58 Å². The third-order valence-electron chi connectivity index (χ3n) is 0.316. The van der Waals surface area contributed by atoms with Crippen molar-refractivity contribution >= 4 is 20.3 Å². The molecule has 0 aromatic heterocycles. The average Bonchev–Trinajstić information content (AvgIpc) is 1.66. The molecule has 0 aliphatic carbocycles. The molecule has 0 fully saturated rings. The molecular weight excluding hydrogens is 147 g/mol. The SMILES string of the molecule is C=CCSO[PH](=O)O. The van der Waals surface area contributed by atoms with E-state index in [1.54, 1.807) is 6.08 Å². The van der Waals surface area contributed by atoms with Crippen molar-refractivity contribution in [3.63, 3.8) is 0 Å². The molecule has 0 spiro atoms. The van der Waals surface area contributed by atoms with Crippen LogP contribution in [0.4, 0.5) is 0 Å². The smallest absolute Gasteiger partial charge is 0.326 e. The minimum Gasteiger partial charge on any atom is -0.326 e. The van der Waals surface area contributed by atoms with E-state index in [0.717, 1.165) is 12.0 Å². The van der Waals surface area contributed by atoms with Crippen molar-refractivity contribution in [2.75, 3.05) is 5.75 Å². The highest BCUT2D eigenvalue weighted by atomic mass is 32.2. The van der Waals surface area contributed by atoms with Crippen molar-refractivity contribution in [2.24, 2.45) is 0 Å². The second-order valence-electron chi connectivity index (χ2n) is 0.922. The van der Waals surface area contributed by atoms with Crippen LogP contribution >= 0.6 is 20.3 Å². The zero-order valence-corrected chi connectivity index (χ0v) is 5.98. The first-order valence-corrected chi connectivity index (χ1v) is 4.08. The first-order valence-electron chi connectivity index (χ1n) is 1.90. The Bertz CT molecular complexity index is 94.5. The second-order valence-corrected chi connectivity index (χ2v) is 2.69. The Morgan fingerprint density at radius 3 is 3.00 bits per heavy atom. The van der Waals surface area contributed by atoms with Crippen LogP contribution in [0.25, 0.3) is 0 Å². The summed E-state index contributed by atoms with van der Waals surface area (Å²) in [6.45, 7) is 3.38. The predicted molar refractivity (Wildman–Crippen MR) is 35.0 cm³/mol. The van der Waals surface area contributed by atoms with Gasteiger partial charge in [0.25, 0.3) is 0 Å². The first-order chi connectivity index (χ1) is 3.77. The lowest BCUT2D eigenvalue weighted by Crippen LogP contribution is -1.66. The van der Waals surface area contributed by atoms with Gasteiger partial charge in [0, 0.05) is 17.8 Å². The fourth-order valence-corrected chi connectivity index (χ4v) is 0.904. The minimum absolute atomic E-state index is 0.539. The third kappa shape index (κ3) is 6.24. The Hall–Kier alpha value is 0.240. The minimum atomic E-state index is -2.74. The van der Waals surface area contributed by atoms with E-state index in [4.69, 9.17) is 4.89 Å². The molecule has 1 unspecified atom stereocenters. The maximum atomic E-state index is 9.78. The quantitative estimate of drug-likeness (QED) is 0.286. The average molecular weight is 154 g/mol.